The fourth-order valence-corrected chi connectivity index (χ4v) is 4.88. The largest absolute Gasteiger partial charge is 0.478 e. The van der Waals surface area contributed by atoms with Gasteiger partial charge < -0.3 is 19.1 Å². The van der Waals surface area contributed by atoms with Crippen molar-refractivity contribution in [1.82, 2.24) is 24.3 Å². The van der Waals surface area contributed by atoms with Crippen LogP contribution in [0.5, 0.6) is 5.88 Å². The molecule has 0 saturated carbocycles. The second-order valence-electron chi connectivity index (χ2n) is 10.1. The fraction of sp³-hybridized carbons (Fsp3) is 0.267. The molecular formula is C30H25F4N5O4. The van der Waals surface area contributed by atoms with E-state index in [1.54, 1.807) is 22.8 Å². The zero-order valence-corrected chi connectivity index (χ0v) is 22.6. The van der Waals surface area contributed by atoms with Crippen LogP contribution in [0.25, 0.3) is 22.3 Å². The molecule has 1 aliphatic rings. The quantitative estimate of drug-likeness (QED) is 0.201. The maximum Gasteiger partial charge on any atom is 0.335 e. The van der Waals surface area contributed by atoms with Crippen LogP contribution < -0.4 is 4.74 Å². The van der Waals surface area contributed by atoms with Gasteiger partial charge in [-0.25, -0.2) is 32.3 Å². The molecular weight excluding hydrogens is 570 g/mol. The number of carboxylic acid groups (broad SMARTS) is 1. The van der Waals surface area contributed by atoms with Gasteiger partial charge in [0.15, 0.2) is 0 Å². The Morgan fingerprint density at radius 3 is 2.67 bits per heavy atom. The summed E-state index contributed by atoms with van der Waals surface area (Å²) in [6.07, 6.45) is -0.418. The third kappa shape index (κ3) is 6.21. The van der Waals surface area contributed by atoms with E-state index in [-0.39, 0.29) is 47.4 Å². The molecule has 0 amide bonds. The molecule has 4 heterocycles. The van der Waals surface area contributed by atoms with Gasteiger partial charge in [-0.15, -0.1) is 0 Å². The number of rotatable bonds is 11. The first-order valence-corrected chi connectivity index (χ1v) is 13.5. The molecule has 5 aromatic rings. The third-order valence-electron chi connectivity index (χ3n) is 7.13. The van der Waals surface area contributed by atoms with E-state index in [1.807, 2.05) is 0 Å². The monoisotopic (exact) mass is 595 g/mol. The van der Waals surface area contributed by atoms with Crippen LogP contribution in [-0.4, -0.2) is 54.5 Å². The van der Waals surface area contributed by atoms with Crippen LogP contribution >= 0.6 is 0 Å². The van der Waals surface area contributed by atoms with Crippen molar-refractivity contribution in [3.63, 3.8) is 0 Å². The van der Waals surface area contributed by atoms with Gasteiger partial charge in [-0.05, 0) is 54.4 Å². The topological polar surface area (TPSA) is 104 Å². The lowest BCUT2D eigenvalue weighted by molar-refractivity contribution is -0.0589. The molecule has 1 saturated heterocycles. The number of benzene rings is 2. The van der Waals surface area contributed by atoms with E-state index in [4.69, 9.17) is 9.47 Å². The smallest absolute Gasteiger partial charge is 0.335 e. The van der Waals surface area contributed by atoms with Crippen molar-refractivity contribution in [1.29, 1.82) is 0 Å². The first-order chi connectivity index (χ1) is 20.7. The summed E-state index contributed by atoms with van der Waals surface area (Å²) in [5.74, 6) is -1.88. The van der Waals surface area contributed by atoms with E-state index in [2.05, 4.69) is 15.1 Å². The number of imidazole rings is 1. The van der Waals surface area contributed by atoms with Crippen molar-refractivity contribution in [3.05, 3.63) is 95.1 Å². The van der Waals surface area contributed by atoms with Gasteiger partial charge in [0.05, 0.1) is 40.6 Å². The summed E-state index contributed by atoms with van der Waals surface area (Å²) in [6, 6.07) is 12.9. The average molecular weight is 596 g/mol. The number of alkyl halides is 2. The predicted octanol–water partition coefficient (Wildman–Crippen LogP) is 5.50. The van der Waals surface area contributed by atoms with E-state index < -0.39 is 30.6 Å². The number of pyridine rings is 1. The number of aromatic carboxylic acids is 1. The lowest BCUT2D eigenvalue weighted by atomic mass is 10.0. The third-order valence-corrected chi connectivity index (χ3v) is 7.13. The minimum atomic E-state index is -2.54. The summed E-state index contributed by atoms with van der Waals surface area (Å²) in [4.78, 5) is 20.4. The number of aromatic nitrogens is 5. The van der Waals surface area contributed by atoms with Crippen molar-refractivity contribution < 1.29 is 36.9 Å². The highest BCUT2D eigenvalue weighted by atomic mass is 19.3. The molecule has 43 heavy (non-hydrogen) atoms. The highest BCUT2D eigenvalue weighted by molar-refractivity contribution is 5.92. The second-order valence-corrected chi connectivity index (χ2v) is 10.1. The Hall–Kier alpha value is -4.78. The first kappa shape index (κ1) is 28.3. The van der Waals surface area contributed by atoms with Gasteiger partial charge >= 0.3 is 5.97 Å². The highest BCUT2D eigenvalue weighted by Crippen LogP contribution is 2.29. The SMILES string of the molecule is O=C(O)c1ccc2nc(Cc3cc(F)c(-c4cccc(OCc5ccn(CC(F)F)n5)n4)cc3F)n(CC3CCO3)c2c1. The Morgan fingerprint density at radius 2 is 1.93 bits per heavy atom. The van der Waals surface area contributed by atoms with Crippen molar-refractivity contribution in [2.75, 3.05) is 6.61 Å². The van der Waals surface area contributed by atoms with Crippen molar-refractivity contribution in [3.8, 4) is 17.1 Å². The van der Waals surface area contributed by atoms with Gasteiger partial charge in [0.2, 0.25) is 5.88 Å². The van der Waals surface area contributed by atoms with Crippen LogP contribution in [0.2, 0.25) is 0 Å². The molecule has 0 bridgehead atoms. The maximum absolute atomic E-state index is 15.4. The fourth-order valence-electron chi connectivity index (χ4n) is 4.88. The molecule has 1 atom stereocenters. The number of carbonyl (C=O) groups is 1. The molecule has 1 unspecified atom stereocenters. The Labute approximate surface area is 242 Å². The number of nitrogens with zero attached hydrogens (tertiary/aromatic N) is 5. The summed E-state index contributed by atoms with van der Waals surface area (Å²) < 4.78 is 70.0. The zero-order valence-electron chi connectivity index (χ0n) is 22.6. The van der Waals surface area contributed by atoms with E-state index in [1.165, 1.54) is 30.5 Å². The lowest BCUT2D eigenvalue weighted by Gasteiger charge is -2.27. The van der Waals surface area contributed by atoms with Crippen molar-refractivity contribution >= 4 is 17.0 Å². The predicted molar refractivity (Wildman–Crippen MR) is 146 cm³/mol. The number of ether oxygens (including phenoxy) is 2. The molecule has 6 rings (SSSR count). The average Bonchev–Trinajstić information content (AvgIpc) is 3.54. The maximum atomic E-state index is 15.4. The van der Waals surface area contributed by atoms with Crippen LogP contribution in [-0.2, 0) is 30.9 Å². The summed E-state index contributed by atoms with van der Waals surface area (Å²) in [6.45, 7) is 0.442. The van der Waals surface area contributed by atoms with Gasteiger partial charge in [0.1, 0.15) is 30.6 Å². The van der Waals surface area contributed by atoms with Crippen molar-refractivity contribution in [2.24, 2.45) is 0 Å². The van der Waals surface area contributed by atoms with Gasteiger partial charge in [-0.2, -0.15) is 5.10 Å². The lowest BCUT2D eigenvalue weighted by Crippen LogP contribution is -2.31. The summed E-state index contributed by atoms with van der Waals surface area (Å²) >= 11 is 0. The van der Waals surface area contributed by atoms with Crippen LogP contribution in [0.15, 0.2) is 60.8 Å². The molecule has 3 aromatic heterocycles. The van der Waals surface area contributed by atoms with Crippen LogP contribution in [0.3, 0.4) is 0 Å². The molecule has 0 spiro atoms. The zero-order chi connectivity index (χ0) is 30.1. The molecule has 0 radical (unpaired) electrons. The van der Waals surface area contributed by atoms with E-state index in [0.29, 0.717) is 35.7 Å². The van der Waals surface area contributed by atoms with Gasteiger partial charge in [-0.3, -0.25) is 4.68 Å². The Kier molecular flexibility index (Phi) is 7.80. The Bertz CT molecular complexity index is 1800. The molecule has 0 aliphatic carbocycles. The van der Waals surface area contributed by atoms with Crippen LogP contribution in [0.4, 0.5) is 17.6 Å². The Balaban J connectivity index is 1.23. The molecule has 222 valence electrons. The first-order valence-electron chi connectivity index (χ1n) is 13.5. The Morgan fingerprint density at radius 1 is 1.09 bits per heavy atom. The van der Waals surface area contributed by atoms with Crippen LogP contribution in [0, 0.1) is 11.6 Å². The number of hydrogen-bond acceptors (Lipinski definition) is 6. The van der Waals surface area contributed by atoms with E-state index in [0.717, 1.165) is 23.2 Å². The van der Waals surface area contributed by atoms with Crippen molar-refractivity contribution in [2.45, 2.75) is 45.1 Å². The summed E-state index contributed by atoms with van der Waals surface area (Å²) in [5, 5.41) is 13.5. The molecule has 2 aromatic carbocycles. The molecule has 1 aliphatic heterocycles. The molecule has 9 nitrogen and oxygen atoms in total. The minimum absolute atomic E-state index is 0.0401. The van der Waals surface area contributed by atoms with E-state index in [9.17, 15) is 18.7 Å². The van der Waals surface area contributed by atoms with Gasteiger partial charge in [0.25, 0.3) is 6.43 Å². The highest BCUT2D eigenvalue weighted by Gasteiger charge is 2.24. The summed E-state index contributed by atoms with van der Waals surface area (Å²) in [5.41, 5.74) is 1.75. The molecule has 1 N–H and O–H groups in total. The number of halogens is 4. The standard InChI is InChI=1S/C30H25F4N5O4/c31-22-13-21(24-2-1-3-29(36-24)43-16-19-6-8-38(37-19)15-27(33)34)23(32)10-18(22)12-28-35-25-5-4-17(30(40)41)11-26(25)39(28)14-20-7-9-42-20/h1-6,8,10-11,13,20,27H,7,9,12,14-16H2,(H,40,41). The van der Waals surface area contributed by atoms with E-state index >= 15 is 8.78 Å². The molecule has 1 fully saturated rings. The normalized spacial score (nSPS) is 14.8. The number of carboxylic acids is 1. The number of fused-ring (bicyclic) bond motifs is 1. The molecule has 13 heteroatoms. The second kappa shape index (κ2) is 11.8. The van der Waals surface area contributed by atoms with Gasteiger partial charge in [-0.1, -0.05) is 6.07 Å². The van der Waals surface area contributed by atoms with Gasteiger partial charge in [0, 0.05) is 30.9 Å². The number of hydrogen-bond donors (Lipinski definition) is 1. The summed E-state index contributed by atoms with van der Waals surface area (Å²) in [7, 11) is 0. The minimum Gasteiger partial charge on any atom is -0.478 e. The van der Waals surface area contributed by atoms with Crippen LogP contribution in [0.1, 0.15) is 33.9 Å².